The first-order valence-electron chi connectivity index (χ1n) is 8.35. The first kappa shape index (κ1) is 16.3. The summed E-state index contributed by atoms with van der Waals surface area (Å²) >= 11 is 5.90. The predicted octanol–water partition coefficient (Wildman–Crippen LogP) is 3.90. The first-order chi connectivity index (χ1) is 12.1. The number of aliphatic hydroxyl groups is 1. The van der Waals surface area contributed by atoms with Gasteiger partial charge >= 0.3 is 0 Å². The Morgan fingerprint density at radius 2 is 1.96 bits per heavy atom. The Bertz CT molecular complexity index is 905. The van der Waals surface area contributed by atoms with Crippen molar-refractivity contribution in [3.63, 3.8) is 0 Å². The molecule has 0 saturated heterocycles. The minimum Gasteiger partial charge on any atom is -0.393 e. The normalized spacial score (nSPS) is 20.8. The van der Waals surface area contributed by atoms with Crippen LogP contribution in [0.3, 0.4) is 0 Å². The average Bonchev–Trinajstić information content (AvgIpc) is 3.03. The zero-order valence-electron chi connectivity index (χ0n) is 13.5. The van der Waals surface area contributed by atoms with Gasteiger partial charge in [-0.25, -0.2) is 13.9 Å². The van der Waals surface area contributed by atoms with Crippen LogP contribution in [0.15, 0.2) is 36.5 Å². The summed E-state index contributed by atoms with van der Waals surface area (Å²) in [7, 11) is 0. The highest BCUT2D eigenvalue weighted by Crippen LogP contribution is 2.26. The van der Waals surface area contributed by atoms with Crippen LogP contribution in [0.4, 0.5) is 10.2 Å². The van der Waals surface area contributed by atoms with Gasteiger partial charge in [-0.05, 0) is 56.0 Å². The second kappa shape index (κ2) is 6.61. The van der Waals surface area contributed by atoms with E-state index in [0.717, 1.165) is 42.8 Å². The van der Waals surface area contributed by atoms with Crippen LogP contribution in [-0.2, 0) is 0 Å². The third-order valence-electron chi connectivity index (χ3n) is 4.63. The largest absolute Gasteiger partial charge is 0.393 e. The Morgan fingerprint density at radius 1 is 1.16 bits per heavy atom. The fraction of sp³-hybridized carbons (Fsp3) is 0.333. The summed E-state index contributed by atoms with van der Waals surface area (Å²) in [5.41, 5.74) is 2.21. The van der Waals surface area contributed by atoms with Gasteiger partial charge in [-0.3, -0.25) is 0 Å². The molecule has 0 atom stereocenters. The quantitative estimate of drug-likeness (QED) is 0.743. The molecule has 1 aliphatic carbocycles. The zero-order valence-corrected chi connectivity index (χ0v) is 14.2. The standard InChI is InChI=1S/C18H18ClFN4O/c19-14-9-11(1-6-15(14)20)16-10-21-18-8-7-17(23-24(16)18)22-12-2-4-13(25)5-3-12/h1,6-10,12-13,25H,2-5H2,(H,22,23)/t12-,13-. The van der Waals surface area contributed by atoms with E-state index in [2.05, 4.69) is 15.4 Å². The van der Waals surface area contributed by atoms with Crippen LogP contribution in [0.2, 0.25) is 5.02 Å². The van der Waals surface area contributed by atoms with Gasteiger partial charge in [-0.2, -0.15) is 0 Å². The van der Waals surface area contributed by atoms with Gasteiger partial charge in [0.2, 0.25) is 0 Å². The van der Waals surface area contributed by atoms with Gasteiger partial charge in [0.05, 0.1) is 23.0 Å². The third-order valence-corrected chi connectivity index (χ3v) is 4.92. The molecule has 0 bridgehead atoms. The number of nitrogens with zero attached hydrogens (tertiary/aromatic N) is 3. The summed E-state index contributed by atoms with van der Waals surface area (Å²) in [5, 5.41) is 17.7. The van der Waals surface area contributed by atoms with Gasteiger partial charge in [-0.1, -0.05) is 11.6 Å². The second-order valence-corrected chi connectivity index (χ2v) is 6.82. The number of imidazole rings is 1. The number of anilines is 1. The van der Waals surface area contributed by atoms with Crippen molar-refractivity contribution in [3.05, 3.63) is 47.4 Å². The molecule has 2 aromatic heterocycles. The molecule has 4 rings (SSSR count). The molecule has 0 unspecified atom stereocenters. The van der Waals surface area contributed by atoms with E-state index in [0.29, 0.717) is 11.7 Å². The molecule has 0 spiro atoms. The van der Waals surface area contributed by atoms with Crippen molar-refractivity contribution in [1.29, 1.82) is 0 Å². The van der Waals surface area contributed by atoms with Crippen LogP contribution < -0.4 is 5.32 Å². The van der Waals surface area contributed by atoms with Crippen molar-refractivity contribution in [3.8, 4) is 11.3 Å². The maximum absolute atomic E-state index is 13.4. The lowest BCUT2D eigenvalue weighted by Crippen LogP contribution is -2.28. The number of hydrogen-bond donors (Lipinski definition) is 2. The van der Waals surface area contributed by atoms with Crippen LogP contribution in [0.1, 0.15) is 25.7 Å². The Hall–Kier alpha value is -2.18. The monoisotopic (exact) mass is 360 g/mol. The lowest BCUT2D eigenvalue weighted by atomic mass is 9.93. The van der Waals surface area contributed by atoms with Gasteiger partial charge in [0.15, 0.2) is 5.65 Å². The smallest absolute Gasteiger partial charge is 0.154 e. The number of aromatic nitrogens is 3. The second-order valence-electron chi connectivity index (χ2n) is 6.41. The van der Waals surface area contributed by atoms with Gasteiger partial charge in [0.25, 0.3) is 0 Å². The minimum absolute atomic E-state index is 0.0718. The van der Waals surface area contributed by atoms with E-state index in [1.807, 2.05) is 12.1 Å². The fourth-order valence-electron chi connectivity index (χ4n) is 3.23. The van der Waals surface area contributed by atoms with Crippen molar-refractivity contribution in [1.82, 2.24) is 14.6 Å². The maximum atomic E-state index is 13.4. The van der Waals surface area contributed by atoms with Crippen LogP contribution in [0.25, 0.3) is 16.9 Å². The number of fused-ring (bicyclic) bond motifs is 1. The topological polar surface area (TPSA) is 62.5 Å². The van der Waals surface area contributed by atoms with Crippen LogP contribution >= 0.6 is 11.6 Å². The summed E-state index contributed by atoms with van der Waals surface area (Å²) in [4.78, 5) is 4.35. The molecule has 130 valence electrons. The Morgan fingerprint density at radius 3 is 2.72 bits per heavy atom. The maximum Gasteiger partial charge on any atom is 0.154 e. The van der Waals surface area contributed by atoms with E-state index in [4.69, 9.17) is 11.6 Å². The average molecular weight is 361 g/mol. The van der Waals surface area contributed by atoms with E-state index in [1.165, 1.54) is 6.07 Å². The van der Waals surface area contributed by atoms with Crippen molar-refractivity contribution in [2.75, 3.05) is 5.32 Å². The van der Waals surface area contributed by atoms with Gasteiger partial charge in [0, 0.05) is 11.6 Å². The third kappa shape index (κ3) is 3.32. The number of rotatable bonds is 3. The van der Waals surface area contributed by atoms with Crippen LogP contribution in [0.5, 0.6) is 0 Å². The van der Waals surface area contributed by atoms with E-state index in [-0.39, 0.29) is 11.1 Å². The highest BCUT2D eigenvalue weighted by molar-refractivity contribution is 6.31. The number of aliphatic hydroxyl groups excluding tert-OH is 1. The van der Waals surface area contributed by atoms with Crippen LogP contribution in [0, 0.1) is 5.82 Å². The SMILES string of the molecule is O[C@H]1CC[C@H](Nc2ccc3ncc(-c4ccc(F)c(Cl)c4)n3n2)CC1. The molecule has 1 fully saturated rings. The van der Waals surface area contributed by atoms with Gasteiger partial charge in [-0.15, -0.1) is 5.10 Å². The molecule has 7 heteroatoms. The molecule has 1 saturated carbocycles. The number of benzene rings is 1. The van der Waals surface area contributed by atoms with E-state index >= 15 is 0 Å². The molecule has 0 amide bonds. The molecular formula is C18H18ClFN4O. The lowest BCUT2D eigenvalue weighted by molar-refractivity contribution is 0.126. The van der Waals surface area contributed by atoms with Crippen molar-refractivity contribution < 1.29 is 9.50 Å². The highest BCUT2D eigenvalue weighted by Gasteiger charge is 2.19. The molecule has 1 aromatic carbocycles. The van der Waals surface area contributed by atoms with Crippen molar-refractivity contribution >= 4 is 23.1 Å². The summed E-state index contributed by atoms with van der Waals surface area (Å²) < 4.78 is 15.1. The van der Waals surface area contributed by atoms with E-state index in [1.54, 1.807) is 22.8 Å². The molecule has 2 N–H and O–H groups in total. The summed E-state index contributed by atoms with van der Waals surface area (Å²) in [5.74, 6) is 0.301. The molecule has 0 aliphatic heterocycles. The Labute approximate surface area is 149 Å². The zero-order chi connectivity index (χ0) is 17.4. The van der Waals surface area contributed by atoms with E-state index in [9.17, 15) is 9.50 Å². The minimum atomic E-state index is -0.450. The molecule has 3 aromatic rings. The molecule has 0 radical (unpaired) electrons. The summed E-state index contributed by atoms with van der Waals surface area (Å²) in [6, 6.07) is 8.67. The molecule has 25 heavy (non-hydrogen) atoms. The Kier molecular flexibility index (Phi) is 4.31. The number of halogens is 2. The molecule has 1 aliphatic rings. The summed E-state index contributed by atoms with van der Waals surface area (Å²) in [6.45, 7) is 0. The fourth-order valence-corrected chi connectivity index (χ4v) is 3.41. The predicted molar refractivity (Wildman–Crippen MR) is 95.3 cm³/mol. The van der Waals surface area contributed by atoms with E-state index < -0.39 is 5.82 Å². The van der Waals surface area contributed by atoms with Crippen molar-refractivity contribution in [2.45, 2.75) is 37.8 Å². The first-order valence-corrected chi connectivity index (χ1v) is 8.73. The van der Waals surface area contributed by atoms with Crippen molar-refractivity contribution in [2.24, 2.45) is 0 Å². The van der Waals surface area contributed by atoms with Gasteiger partial charge < -0.3 is 10.4 Å². The number of nitrogens with one attached hydrogen (secondary N) is 1. The van der Waals surface area contributed by atoms with Crippen LogP contribution in [-0.4, -0.2) is 31.9 Å². The molecule has 2 heterocycles. The molecule has 5 nitrogen and oxygen atoms in total. The lowest BCUT2D eigenvalue weighted by Gasteiger charge is -2.26. The summed E-state index contributed by atoms with van der Waals surface area (Å²) in [6.07, 6.45) is 4.98. The number of hydrogen-bond acceptors (Lipinski definition) is 4. The molecular weight excluding hydrogens is 343 g/mol. The Balaban J connectivity index is 1.64. The highest BCUT2D eigenvalue weighted by atomic mass is 35.5. The van der Waals surface area contributed by atoms with Gasteiger partial charge in [0.1, 0.15) is 11.6 Å².